The molecule has 0 saturated heterocycles. The monoisotopic (exact) mass is 452 g/mol. The van der Waals surface area contributed by atoms with Crippen molar-refractivity contribution >= 4 is 40.0 Å². The van der Waals surface area contributed by atoms with Crippen molar-refractivity contribution in [3.05, 3.63) is 95.7 Å². The highest BCUT2D eigenvalue weighted by molar-refractivity contribution is 6.25. The minimum absolute atomic E-state index is 0.0389. The molecular weight excluding hydrogens is 428 g/mol. The number of hydrogen-bond acceptors (Lipinski definition) is 5. The van der Waals surface area contributed by atoms with Gasteiger partial charge < -0.3 is 15.4 Å². The third-order valence-electron chi connectivity index (χ3n) is 5.67. The summed E-state index contributed by atoms with van der Waals surface area (Å²) in [6.07, 6.45) is -0.512. The van der Waals surface area contributed by atoms with Gasteiger partial charge in [-0.2, -0.15) is 0 Å². The molecule has 2 heterocycles. The van der Waals surface area contributed by atoms with Gasteiger partial charge in [-0.25, -0.2) is 9.36 Å². The SMILES string of the molecule is CCOC(=O)n1c2c(c3ccccc31)NC(=O)CN=C2c1cccc(NCc2ccccc2)c1. The fourth-order valence-corrected chi connectivity index (χ4v) is 4.18. The van der Waals surface area contributed by atoms with Gasteiger partial charge in [0, 0.05) is 23.2 Å². The standard InChI is InChI=1S/C27H24N4O3/c1-2-34-27(33)31-22-14-7-6-13-21(22)25-26(31)24(29-17-23(32)30-25)19-11-8-12-20(15-19)28-16-18-9-4-3-5-10-18/h3-15,28H,2,16-17H2,1H3,(H,30,32). The fourth-order valence-electron chi connectivity index (χ4n) is 4.18. The molecule has 0 bridgehead atoms. The Kier molecular flexibility index (Phi) is 5.82. The molecule has 1 aliphatic rings. The number of anilines is 2. The van der Waals surface area contributed by atoms with Crippen LogP contribution in [0.3, 0.4) is 0 Å². The summed E-state index contributed by atoms with van der Waals surface area (Å²) in [6.45, 7) is 2.63. The van der Waals surface area contributed by atoms with Crippen LogP contribution in [0.25, 0.3) is 10.9 Å². The van der Waals surface area contributed by atoms with Crippen molar-refractivity contribution in [1.29, 1.82) is 0 Å². The second-order valence-corrected chi connectivity index (χ2v) is 7.91. The Morgan fingerprint density at radius 1 is 1.06 bits per heavy atom. The average Bonchev–Trinajstić information content (AvgIpc) is 3.07. The summed E-state index contributed by atoms with van der Waals surface area (Å²) in [7, 11) is 0. The second kappa shape index (κ2) is 9.23. The number of aliphatic imine (C=N–C) groups is 1. The predicted octanol–water partition coefficient (Wildman–Crippen LogP) is 5.05. The molecule has 0 saturated carbocycles. The maximum absolute atomic E-state index is 13.0. The summed E-state index contributed by atoms with van der Waals surface area (Å²) in [5, 5.41) is 7.14. The van der Waals surface area contributed by atoms with Crippen molar-refractivity contribution in [1.82, 2.24) is 4.57 Å². The zero-order chi connectivity index (χ0) is 23.5. The number of rotatable bonds is 5. The molecular formula is C27H24N4O3. The van der Waals surface area contributed by atoms with Crippen LogP contribution in [0.4, 0.5) is 16.2 Å². The lowest BCUT2D eigenvalue weighted by atomic mass is 10.0. The molecule has 1 aromatic heterocycles. The van der Waals surface area contributed by atoms with Gasteiger partial charge >= 0.3 is 6.09 Å². The lowest BCUT2D eigenvalue weighted by Crippen LogP contribution is -2.20. The van der Waals surface area contributed by atoms with E-state index in [1.807, 2.05) is 66.7 Å². The Bertz CT molecular complexity index is 1410. The summed E-state index contributed by atoms with van der Waals surface area (Å²) in [6, 6.07) is 25.4. The Morgan fingerprint density at radius 3 is 2.68 bits per heavy atom. The maximum atomic E-state index is 13.0. The summed E-state index contributed by atoms with van der Waals surface area (Å²) < 4.78 is 6.87. The molecule has 34 heavy (non-hydrogen) atoms. The number of aromatic nitrogens is 1. The van der Waals surface area contributed by atoms with E-state index in [2.05, 4.69) is 27.8 Å². The predicted molar refractivity (Wildman–Crippen MR) is 134 cm³/mol. The van der Waals surface area contributed by atoms with Crippen molar-refractivity contribution in [3.8, 4) is 0 Å². The van der Waals surface area contributed by atoms with E-state index >= 15 is 0 Å². The van der Waals surface area contributed by atoms with Crippen LogP contribution in [0.2, 0.25) is 0 Å². The Labute approximate surface area is 197 Å². The molecule has 5 rings (SSSR count). The first-order valence-electron chi connectivity index (χ1n) is 11.2. The Hall–Kier alpha value is -4.39. The molecule has 0 radical (unpaired) electrons. The van der Waals surface area contributed by atoms with Gasteiger partial charge in [-0.15, -0.1) is 0 Å². The van der Waals surface area contributed by atoms with E-state index in [9.17, 15) is 9.59 Å². The first-order valence-corrected chi connectivity index (χ1v) is 11.2. The quantitative estimate of drug-likeness (QED) is 0.444. The first-order chi connectivity index (χ1) is 16.7. The number of carbonyl (C=O) groups is 2. The van der Waals surface area contributed by atoms with Crippen LogP contribution >= 0.6 is 0 Å². The van der Waals surface area contributed by atoms with Crippen LogP contribution in [0.15, 0.2) is 83.9 Å². The van der Waals surface area contributed by atoms with Gasteiger partial charge in [0.2, 0.25) is 5.91 Å². The van der Waals surface area contributed by atoms with Crippen LogP contribution < -0.4 is 10.6 Å². The van der Waals surface area contributed by atoms with Crippen molar-refractivity contribution < 1.29 is 14.3 Å². The zero-order valence-corrected chi connectivity index (χ0v) is 18.7. The van der Waals surface area contributed by atoms with Crippen molar-refractivity contribution in [2.45, 2.75) is 13.5 Å². The van der Waals surface area contributed by atoms with E-state index in [1.54, 1.807) is 6.92 Å². The van der Waals surface area contributed by atoms with Crippen LogP contribution in [-0.2, 0) is 16.1 Å². The smallest absolute Gasteiger partial charge is 0.419 e. The third-order valence-corrected chi connectivity index (χ3v) is 5.67. The topological polar surface area (TPSA) is 84.7 Å². The Morgan fingerprint density at radius 2 is 1.85 bits per heavy atom. The van der Waals surface area contributed by atoms with Gasteiger partial charge in [0.05, 0.1) is 23.5 Å². The van der Waals surface area contributed by atoms with Crippen LogP contribution in [-0.4, -0.2) is 35.4 Å². The van der Waals surface area contributed by atoms with E-state index in [0.717, 1.165) is 16.6 Å². The number of benzene rings is 3. The minimum Gasteiger partial charge on any atom is -0.449 e. The van der Waals surface area contributed by atoms with Gasteiger partial charge in [0.1, 0.15) is 12.2 Å². The molecule has 2 N–H and O–H groups in total. The normalized spacial score (nSPS) is 13.0. The van der Waals surface area contributed by atoms with Gasteiger partial charge in [0.25, 0.3) is 0 Å². The lowest BCUT2D eigenvalue weighted by Gasteiger charge is -2.13. The van der Waals surface area contributed by atoms with Crippen LogP contribution in [0, 0.1) is 0 Å². The van der Waals surface area contributed by atoms with E-state index in [0.29, 0.717) is 29.2 Å². The molecule has 1 aliphatic heterocycles. The van der Waals surface area contributed by atoms with Crippen molar-refractivity contribution in [2.75, 3.05) is 23.8 Å². The number of nitrogens with one attached hydrogen (secondary N) is 2. The summed E-state index contributed by atoms with van der Waals surface area (Å²) in [5.41, 5.74) is 5.16. The first kappa shape index (κ1) is 21.5. The number of hydrogen-bond donors (Lipinski definition) is 2. The third kappa shape index (κ3) is 4.03. The fraction of sp³-hybridized carbons (Fsp3) is 0.148. The molecule has 3 aromatic carbocycles. The molecule has 7 nitrogen and oxygen atoms in total. The number of para-hydroxylation sites is 1. The number of ether oxygens (including phenoxy) is 1. The van der Waals surface area contributed by atoms with Crippen LogP contribution in [0.1, 0.15) is 23.7 Å². The van der Waals surface area contributed by atoms with E-state index in [1.165, 1.54) is 10.1 Å². The molecule has 0 unspecified atom stereocenters. The van der Waals surface area contributed by atoms with Gasteiger partial charge in [0.15, 0.2) is 0 Å². The van der Waals surface area contributed by atoms with E-state index in [4.69, 9.17) is 4.74 Å². The summed E-state index contributed by atoms with van der Waals surface area (Å²) in [4.78, 5) is 30.2. The molecule has 0 atom stereocenters. The highest BCUT2D eigenvalue weighted by atomic mass is 16.5. The number of fused-ring (bicyclic) bond motifs is 3. The lowest BCUT2D eigenvalue weighted by molar-refractivity contribution is -0.114. The minimum atomic E-state index is -0.512. The molecule has 0 fully saturated rings. The Balaban J connectivity index is 1.61. The van der Waals surface area contributed by atoms with Gasteiger partial charge in [-0.1, -0.05) is 60.7 Å². The molecule has 0 aliphatic carbocycles. The molecule has 1 amide bonds. The average molecular weight is 453 g/mol. The second-order valence-electron chi connectivity index (χ2n) is 7.91. The summed E-state index contributed by atoms with van der Waals surface area (Å²) >= 11 is 0. The number of carbonyl (C=O) groups excluding carboxylic acids is 2. The van der Waals surface area contributed by atoms with E-state index < -0.39 is 6.09 Å². The molecule has 7 heteroatoms. The van der Waals surface area contributed by atoms with Crippen LogP contribution in [0.5, 0.6) is 0 Å². The van der Waals surface area contributed by atoms with Crippen molar-refractivity contribution in [2.24, 2.45) is 4.99 Å². The van der Waals surface area contributed by atoms with Crippen molar-refractivity contribution in [3.63, 3.8) is 0 Å². The molecule has 170 valence electrons. The highest BCUT2D eigenvalue weighted by Gasteiger charge is 2.29. The highest BCUT2D eigenvalue weighted by Crippen LogP contribution is 2.35. The largest absolute Gasteiger partial charge is 0.449 e. The molecule has 4 aromatic rings. The molecule has 0 spiro atoms. The maximum Gasteiger partial charge on any atom is 0.419 e. The van der Waals surface area contributed by atoms with Gasteiger partial charge in [-0.05, 0) is 30.7 Å². The zero-order valence-electron chi connectivity index (χ0n) is 18.7. The number of nitrogens with zero attached hydrogens (tertiary/aromatic N) is 2. The van der Waals surface area contributed by atoms with E-state index in [-0.39, 0.29) is 19.1 Å². The summed E-state index contributed by atoms with van der Waals surface area (Å²) in [5.74, 6) is -0.235. The van der Waals surface area contributed by atoms with Gasteiger partial charge in [-0.3, -0.25) is 9.79 Å². The number of amides is 1.